The lowest BCUT2D eigenvalue weighted by molar-refractivity contribution is -0.124. The number of carboxylic acid groups (broad SMARTS) is 1. The smallest absolute Gasteiger partial charge is 0.358 e. The summed E-state index contributed by atoms with van der Waals surface area (Å²) in [4.78, 5) is 42.2. The highest BCUT2D eigenvalue weighted by Crippen LogP contribution is 2.27. The molecule has 2 heterocycles. The fourth-order valence-corrected chi connectivity index (χ4v) is 4.64. The van der Waals surface area contributed by atoms with Crippen LogP contribution in [0.2, 0.25) is 0 Å². The van der Waals surface area contributed by atoms with Crippen molar-refractivity contribution in [3.8, 4) is 5.75 Å². The van der Waals surface area contributed by atoms with Gasteiger partial charge in [-0.05, 0) is 43.0 Å². The summed E-state index contributed by atoms with van der Waals surface area (Å²) < 4.78 is 7.69. The number of anilines is 1. The van der Waals surface area contributed by atoms with Crippen molar-refractivity contribution < 1.29 is 29.0 Å². The number of nitrogens with one attached hydrogen (secondary N) is 3. The number of aryl methyl sites for hydroxylation is 2. The molecule has 2 aromatic carbocycles. The standard InChI is InChI=1S/C29H33N5O6/c1-16(2)13-21(32-29(39)31-20-10-6-8-12-24(20)35)26(36)30-22(27-33-25(28(37)38)17(3)40-27)14-18-15-34(4)23-11-7-5-9-19(18)23/h5-12,15-16,21-22,35H,13-14H2,1-4H3,(H,30,36)(H,37,38)(H2,31,32,39)/t21?,22-/m1/s1. The molecular weight excluding hydrogens is 514 g/mol. The van der Waals surface area contributed by atoms with Crippen LogP contribution in [0.5, 0.6) is 5.75 Å². The second-order valence-electron chi connectivity index (χ2n) is 10.1. The number of benzene rings is 2. The number of amides is 3. The second kappa shape index (κ2) is 11.9. The van der Waals surface area contributed by atoms with Gasteiger partial charge in [0.05, 0.1) is 5.69 Å². The zero-order chi connectivity index (χ0) is 29.0. The predicted molar refractivity (Wildman–Crippen MR) is 149 cm³/mol. The van der Waals surface area contributed by atoms with E-state index in [-0.39, 0.29) is 41.1 Å². The van der Waals surface area contributed by atoms with E-state index in [0.717, 1.165) is 16.5 Å². The lowest BCUT2D eigenvalue weighted by Crippen LogP contribution is -2.49. The number of fused-ring (bicyclic) bond motifs is 1. The van der Waals surface area contributed by atoms with Crippen LogP contribution >= 0.6 is 0 Å². The number of hydrogen-bond donors (Lipinski definition) is 5. The molecule has 0 aliphatic carbocycles. The van der Waals surface area contributed by atoms with Crippen molar-refractivity contribution in [1.29, 1.82) is 0 Å². The Morgan fingerprint density at radius 3 is 2.42 bits per heavy atom. The van der Waals surface area contributed by atoms with Gasteiger partial charge in [-0.2, -0.15) is 0 Å². The highest BCUT2D eigenvalue weighted by molar-refractivity contribution is 5.95. The molecule has 2 aromatic heterocycles. The number of hydrogen-bond acceptors (Lipinski definition) is 6. The fraction of sp³-hybridized carbons (Fsp3) is 0.310. The number of aromatic hydroxyl groups is 1. The van der Waals surface area contributed by atoms with Crippen molar-refractivity contribution in [3.05, 3.63) is 77.6 Å². The van der Waals surface area contributed by atoms with Crippen LogP contribution in [-0.4, -0.2) is 43.7 Å². The van der Waals surface area contributed by atoms with Crippen molar-refractivity contribution in [3.63, 3.8) is 0 Å². The molecule has 4 rings (SSSR count). The first-order chi connectivity index (χ1) is 19.0. The van der Waals surface area contributed by atoms with E-state index in [1.807, 2.05) is 55.9 Å². The van der Waals surface area contributed by atoms with E-state index < -0.39 is 30.0 Å². The number of aromatic nitrogens is 2. The summed E-state index contributed by atoms with van der Waals surface area (Å²) in [6.45, 7) is 5.35. The zero-order valence-electron chi connectivity index (χ0n) is 22.8. The Kier molecular flexibility index (Phi) is 8.42. The van der Waals surface area contributed by atoms with Gasteiger partial charge in [0.25, 0.3) is 0 Å². The number of oxazole rings is 1. The monoisotopic (exact) mass is 547 g/mol. The highest BCUT2D eigenvalue weighted by Gasteiger charge is 2.30. The summed E-state index contributed by atoms with van der Waals surface area (Å²) >= 11 is 0. The fourth-order valence-electron chi connectivity index (χ4n) is 4.64. The van der Waals surface area contributed by atoms with Gasteiger partial charge in [-0.1, -0.05) is 44.2 Å². The van der Waals surface area contributed by atoms with Crippen LogP contribution in [-0.2, 0) is 18.3 Å². The van der Waals surface area contributed by atoms with E-state index in [4.69, 9.17) is 4.42 Å². The molecule has 0 bridgehead atoms. The molecule has 2 atom stereocenters. The number of carbonyl (C=O) groups excluding carboxylic acids is 2. The summed E-state index contributed by atoms with van der Waals surface area (Å²) in [5, 5.41) is 28.7. The van der Waals surface area contributed by atoms with Gasteiger partial charge in [0, 0.05) is 30.6 Å². The molecule has 5 N–H and O–H groups in total. The molecule has 1 unspecified atom stereocenters. The van der Waals surface area contributed by atoms with Crippen LogP contribution in [0.3, 0.4) is 0 Å². The Morgan fingerprint density at radius 2 is 1.75 bits per heavy atom. The number of rotatable bonds is 10. The largest absolute Gasteiger partial charge is 0.506 e. The molecule has 0 fully saturated rings. The molecule has 0 spiro atoms. The molecule has 11 nitrogen and oxygen atoms in total. The van der Waals surface area contributed by atoms with Gasteiger partial charge in [-0.15, -0.1) is 0 Å². The number of carboxylic acids is 1. The maximum Gasteiger partial charge on any atom is 0.358 e. The summed E-state index contributed by atoms with van der Waals surface area (Å²) in [5.74, 6) is -1.59. The van der Waals surface area contributed by atoms with E-state index in [1.54, 1.807) is 12.1 Å². The first-order valence-corrected chi connectivity index (χ1v) is 12.9. The van der Waals surface area contributed by atoms with E-state index in [1.165, 1.54) is 19.1 Å². The minimum atomic E-state index is -1.23. The van der Waals surface area contributed by atoms with E-state index in [0.29, 0.717) is 6.42 Å². The molecule has 0 saturated heterocycles. The lowest BCUT2D eigenvalue weighted by atomic mass is 10.0. The van der Waals surface area contributed by atoms with Gasteiger partial charge in [-0.3, -0.25) is 4.79 Å². The lowest BCUT2D eigenvalue weighted by Gasteiger charge is -2.23. The molecule has 0 radical (unpaired) electrons. The van der Waals surface area contributed by atoms with E-state index in [9.17, 15) is 24.6 Å². The number of phenolic OH excluding ortho intramolecular Hbond substituents is 1. The highest BCUT2D eigenvalue weighted by atomic mass is 16.4. The quantitative estimate of drug-likeness (QED) is 0.183. The van der Waals surface area contributed by atoms with Gasteiger partial charge in [-0.25, -0.2) is 14.6 Å². The van der Waals surface area contributed by atoms with Crippen molar-refractivity contribution in [1.82, 2.24) is 20.2 Å². The predicted octanol–water partition coefficient (Wildman–Crippen LogP) is 4.51. The number of para-hydroxylation sites is 3. The van der Waals surface area contributed by atoms with Crippen molar-refractivity contribution in [2.24, 2.45) is 13.0 Å². The molecule has 0 aliphatic heterocycles. The molecular formula is C29H33N5O6. The van der Waals surface area contributed by atoms with Crippen LogP contribution in [0.1, 0.15) is 54.0 Å². The minimum absolute atomic E-state index is 0.0538. The molecule has 0 saturated carbocycles. The molecule has 210 valence electrons. The van der Waals surface area contributed by atoms with Crippen LogP contribution in [0, 0.1) is 12.8 Å². The molecule has 0 aliphatic rings. The topological polar surface area (TPSA) is 159 Å². The molecule has 11 heteroatoms. The van der Waals surface area contributed by atoms with Crippen molar-refractivity contribution in [2.45, 2.75) is 45.7 Å². The molecule has 3 amide bonds. The Bertz CT molecular complexity index is 1540. The van der Waals surface area contributed by atoms with Crippen LogP contribution in [0.15, 0.2) is 59.1 Å². The minimum Gasteiger partial charge on any atom is -0.506 e. The van der Waals surface area contributed by atoms with Crippen LogP contribution in [0.25, 0.3) is 10.9 Å². The van der Waals surface area contributed by atoms with Crippen LogP contribution < -0.4 is 16.0 Å². The number of phenols is 1. The third-order valence-corrected chi connectivity index (χ3v) is 6.51. The maximum absolute atomic E-state index is 13.6. The molecule has 40 heavy (non-hydrogen) atoms. The van der Waals surface area contributed by atoms with Gasteiger partial charge in [0.1, 0.15) is 23.6 Å². The third-order valence-electron chi connectivity index (χ3n) is 6.51. The van der Waals surface area contributed by atoms with Gasteiger partial charge >= 0.3 is 12.0 Å². The SMILES string of the molecule is Cc1oc([C@@H](Cc2cn(C)c3ccccc23)NC(=O)C(CC(C)C)NC(=O)Nc2ccccc2O)nc1C(=O)O. The Hall–Kier alpha value is -4.80. The van der Waals surface area contributed by atoms with Crippen molar-refractivity contribution in [2.75, 3.05) is 5.32 Å². The number of carbonyl (C=O) groups is 3. The number of nitrogens with zero attached hydrogens (tertiary/aromatic N) is 2. The molecule has 4 aromatic rings. The van der Waals surface area contributed by atoms with Gasteiger partial charge in [0.15, 0.2) is 5.69 Å². The third kappa shape index (κ3) is 6.42. The average molecular weight is 548 g/mol. The summed E-state index contributed by atoms with van der Waals surface area (Å²) in [5.41, 5.74) is 1.87. The Balaban J connectivity index is 1.61. The average Bonchev–Trinajstić information content (AvgIpc) is 3.44. The first kappa shape index (κ1) is 28.2. The summed E-state index contributed by atoms with van der Waals surface area (Å²) in [6, 6.07) is 11.7. The van der Waals surface area contributed by atoms with Gasteiger partial charge in [0.2, 0.25) is 11.8 Å². The zero-order valence-corrected chi connectivity index (χ0v) is 22.8. The Labute approximate surface area is 231 Å². The van der Waals surface area contributed by atoms with Crippen LogP contribution in [0.4, 0.5) is 10.5 Å². The van der Waals surface area contributed by atoms with Gasteiger partial charge < -0.3 is 35.1 Å². The maximum atomic E-state index is 13.6. The van der Waals surface area contributed by atoms with Crippen molar-refractivity contribution >= 4 is 34.5 Å². The summed E-state index contributed by atoms with van der Waals surface area (Å²) in [6.07, 6.45) is 2.54. The summed E-state index contributed by atoms with van der Waals surface area (Å²) in [7, 11) is 1.92. The normalized spacial score (nSPS) is 12.7. The first-order valence-electron chi connectivity index (χ1n) is 12.9. The van der Waals surface area contributed by atoms with E-state index in [2.05, 4.69) is 20.9 Å². The van der Waals surface area contributed by atoms with E-state index >= 15 is 0 Å². The Morgan fingerprint density at radius 1 is 1.05 bits per heavy atom. The second-order valence-corrected chi connectivity index (χ2v) is 10.1. The number of urea groups is 1. The number of aromatic carboxylic acids is 1.